The van der Waals surface area contributed by atoms with E-state index in [1.54, 1.807) is 0 Å². The van der Waals surface area contributed by atoms with Gasteiger partial charge in [-0.2, -0.15) is 0 Å². The summed E-state index contributed by atoms with van der Waals surface area (Å²) in [5, 5.41) is 2.85. The second-order valence-corrected chi connectivity index (χ2v) is 3.38. The summed E-state index contributed by atoms with van der Waals surface area (Å²) in [6.07, 6.45) is 8.39. The van der Waals surface area contributed by atoms with Crippen molar-refractivity contribution in [1.29, 1.82) is 0 Å². The second-order valence-electron chi connectivity index (χ2n) is 3.38. The molecule has 0 heterocycles. The maximum atomic E-state index is 11.2. The van der Waals surface area contributed by atoms with Gasteiger partial charge in [0.1, 0.15) is 0 Å². The number of carbonyl (C=O) groups excluding carboxylic acids is 1. The monoisotopic (exact) mass is 181 g/mol. The first-order chi connectivity index (χ1) is 6.20. The number of unbranched alkanes of at least 4 members (excludes halogenated alkanes) is 1. The average molecular weight is 181 g/mol. The van der Waals surface area contributed by atoms with Crippen LogP contribution >= 0.6 is 0 Å². The highest BCUT2D eigenvalue weighted by Gasteiger charge is 2.05. The van der Waals surface area contributed by atoms with Gasteiger partial charge >= 0.3 is 0 Å². The van der Waals surface area contributed by atoms with Crippen LogP contribution in [-0.2, 0) is 4.79 Å². The van der Waals surface area contributed by atoms with Gasteiger partial charge in [-0.1, -0.05) is 20.3 Å². The molecule has 1 atom stereocenters. The predicted octanol–water partition coefficient (Wildman–Crippen LogP) is 1.95. The molecular formula is C11H19NO. The maximum Gasteiger partial charge on any atom is 0.220 e. The van der Waals surface area contributed by atoms with Crippen molar-refractivity contribution in [3.63, 3.8) is 0 Å². The Morgan fingerprint density at radius 2 is 2.31 bits per heavy atom. The number of terminal acetylenes is 1. The molecule has 13 heavy (non-hydrogen) atoms. The van der Waals surface area contributed by atoms with Crippen molar-refractivity contribution in [2.45, 2.75) is 39.5 Å². The van der Waals surface area contributed by atoms with Gasteiger partial charge in [-0.25, -0.2) is 0 Å². The molecule has 74 valence electrons. The van der Waals surface area contributed by atoms with Crippen LogP contribution < -0.4 is 5.32 Å². The molecule has 0 saturated carbocycles. The highest BCUT2D eigenvalue weighted by Crippen LogP contribution is 2.05. The molecule has 0 unspecified atom stereocenters. The smallest absolute Gasteiger partial charge is 0.220 e. The third-order valence-corrected chi connectivity index (χ3v) is 2.05. The Balaban J connectivity index is 3.36. The molecule has 0 aromatic rings. The van der Waals surface area contributed by atoms with Crippen molar-refractivity contribution in [3.8, 4) is 12.3 Å². The first-order valence-electron chi connectivity index (χ1n) is 4.90. The van der Waals surface area contributed by atoms with E-state index in [4.69, 9.17) is 6.42 Å². The lowest BCUT2D eigenvalue weighted by atomic mass is 10.1. The zero-order valence-electron chi connectivity index (χ0n) is 8.60. The minimum atomic E-state index is 0.145. The van der Waals surface area contributed by atoms with E-state index in [1.165, 1.54) is 0 Å². The molecule has 0 aliphatic rings. The van der Waals surface area contributed by atoms with Crippen LogP contribution in [0.5, 0.6) is 0 Å². The van der Waals surface area contributed by atoms with E-state index in [2.05, 4.69) is 25.1 Å². The van der Waals surface area contributed by atoms with Gasteiger partial charge < -0.3 is 5.32 Å². The zero-order chi connectivity index (χ0) is 10.1. The van der Waals surface area contributed by atoms with Crippen LogP contribution in [0, 0.1) is 18.3 Å². The third kappa shape index (κ3) is 7.39. The molecule has 1 amide bonds. The Morgan fingerprint density at radius 3 is 2.85 bits per heavy atom. The molecule has 0 rings (SSSR count). The Hall–Kier alpha value is -0.970. The summed E-state index contributed by atoms with van der Waals surface area (Å²) in [4.78, 5) is 11.2. The molecule has 0 bridgehead atoms. The molecule has 0 aliphatic heterocycles. The topological polar surface area (TPSA) is 29.1 Å². The zero-order valence-corrected chi connectivity index (χ0v) is 8.60. The molecule has 0 spiro atoms. The van der Waals surface area contributed by atoms with Crippen molar-refractivity contribution in [1.82, 2.24) is 5.32 Å². The van der Waals surface area contributed by atoms with Gasteiger partial charge in [0.2, 0.25) is 5.91 Å². The van der Waals surface area contributed by atoms with Crippen molar-refractivity contribution in [2.75, 3.05) is 6.54 Å². The van der Waals surface area contributed by atoms with Gasteiger partial charge in [0.05, 0.1) is 0 Å². The van der Waals surface area contributed by atoms with Gasteiger partial charge in [0.25, 0.3) is 0 Å². The number of hydrogen-bond donors (Lipinski definition) is 1. The summed E-state index contributed by atoms with van der Waals surface area (Å²) >= 11 is 0. The van der Waals surface area contributed by atoms with Crippen LogP contribution in [0.4, 0.5) is 0 Å². The molecule has 0 aromatic heterocycles. The van der Waals surface area contributed by atoms with Crippen molar-refractivity contribution in [3.05, 3.63) is 0 Å². The molecule has 0 saturated heterocycles. The van der Waals surface area contributed by atoms with Gasteiger partial charge in [0, 0.05) is 19.4 Å². The first-order valence-corrected chi connectivity index (χ1v) is 4.90. The Labute approximate surface area is 81.1 Å². The largest absolute Gasteiger partial charge is 0.356 e. The summed E-state index contributed by atoms with van der Waals surface area (Å²) < 4.78 is 0. The molecule has 0 radical (unpaired) electrons. The lowest BCUT2D eigenvalue weighted by molar-refractivity contribution is -0.121. The summed E-state index contributed by atoms with van der Waals surface area (Å²) in [5.74, 6) is 3.17. The molecule has 1 N–H and O–H groups in total. The third-order valence-electron chi connectivity index (χ3n) is 2.05. The van der Waals surface area contributed by atoms with Crippen molar-refractivity contribution >= 4 is 5.91 Å². The number of hydrogen-bond acceptors (Lipinski definition) is 1. The van der Waals surface area contributed by atoms with E-state index in [9.17, 15) is 4.79 Å². The highest BCUT2D eigenvalue weighted by molar-refractivity contribution is 5.76. The van der Waals surface area contributed by atoms with E-state index in [0.717, 1.165) is 19.3 Å². The van der Waals surface area contributed by atoms with Crippen LogP contribution in [0.25, 0.3) is 0 Å². The quantitative estimate of drug-likeness (QED) is 0.492. The molecular weight excluding hydrogens is 162 g/mol. The SMILES string of the molecule is C#CCCCNC(=O)C[C@@H](C)CC. The van der Waals surface area contributed by atoms with Crippen LogP contribution in [-0.4, -0.2) is 12.5 Å². The Bertz CT molecular complexity index is 181. The standard InChI is InChI=1S/C11H19NO/c1-4-6-7-8-12-11(13)9-10(3)5-2/h1,10H,5-9H2,2-3H3,(H,12,13)/t10-/m0/s1. The Kier molecular flexibility index (Phi) is 7.10. The fraction of sp³-hybridized carbons (Fsp3) is 0.727. The molecule has 0 aromatic carbocycles. The van der Waals surface area contributed by atoms with E-state index in [-0.39, 0.29) is 5.91 Å². The summed E-state index contributed by atoms with van der Waals surface area (Å²) in [7, 11) is 0. The van der Waals surface area contributed by atoms with Crippen LogP contribution in [0.15, 0.2) is 0 Å². The fourth-order valence-corrected chi connectivity index (χ4v) is 0.951. The lowest BCUT2D eigenvalue weighted by Crippen LogP contribution is -2.25. The lowest BCUT2D eigenvalue weighted by Gasteiger charge is -2.08. The van der Waals surface area contributed by atoms with Crippen LogP contribution in [0.3, 0.4) is 0 Å². The molecule has 0 fully saturated rings. The summed E-state index contributed by atoms with van der Waals surface area (Å²) in [6.45, 7) is 4.89. The van der Waals surface area contributed by atoms with Crippen LogP contribution in [0.1, 0.15) is 39.5 Å². The average Bonchev–Trinajstić information content (AvgIpc) is 2.12. The maximum absolute atomic E-state index is 11.2. The van der Waals surface area contributed by atoms with Gasteiger partial charge in [0.15, 0.2) is 0 Å². The Morgan fingerprint density at radius 1 is 1.62 bits per heavy atom. The van der Waals surface area contributed by atoms with Crippen LogP contribution in [0.2, 0.25) is 0 Å². The molecule has 2 heteroatoms. The van der Waals surface area contributed by atoms with Gasteiger partial charge in [-0.15, -0.1) is 12.3 Å². The second kappa shape index (κ2) is 7.67. The fourth-order valence-electron chi connectivity index (χ4n) is 0.951. The summed E-state index contributed by atoms with van der Waals surface area (Å²) in [6, 6.07) is 0. The first kappa shape index (κ1) is 12.0. The van der Waals surface area contributed by atoms with E-state index < -0.39 is 0 Å². The molecule has 2 nitrogen and oxygen atoms in total. The molecule has 0 aliphatic carbocycles. The van der Waals surface area contributed by atoms with E-state index in [0.29, 0.717) is 18.9 Å². The van der Waals surface area contributed by atoms with Gasteiger partial charge in [-0.3, -0.25) is 4.79 Å². The van der Waals surface area contributed by atoms with Crippen molar-refractivity contribution in [2.24, 2.45) is 5.92 Å². The number of nitrogens with one attached hydrogen (secondary N) is 1. The summed E-state index contributed by atoms with van der Waals surface area (Å²) in [5.41, 5.74) is 0. The van der Waals surface area contributed by atoms with E-state index in [1.807, 2.05) is 0 Å². The number of carbonyl (C=O) groups is 1. The minimum absolute atomic E-state index is 0.145. The van der Waals surface area contributed by atoms with Crippen molar-refractivity contribution < 1.29 is 4.79 Å². The van der Waals surface area contributed by atoms with E-state index >= 15 is 0 Å². The number of rotatable bonds is 6. The highest BCUT2D eigenvalue weighted by atomic mass is 16.1. The normalized spacial score (nSPS) is 11.8. The minimum Gasteiger partial charge on any atom is -0.356 e. The number of amides is 1. The predicted molar refractivity (Wildman–Crippen MR) is 55.1 cm³/mol. The van der Waals surface area contributed by atoms with Gasteiger partial charge in [-0.05, 0) is 12.3 Å².